The van der Waals surface area contributed by atoms with E-state index < -0.39 is 0 Å². The Kier molecular flexibility index (Phi) is 4.90. The molecule has 3 N–H and O–H groups in total. The number of benzene rings is 1. The maximum absolute atomic E-state index is 12.0. The van der Waals surface area contributed by atoms with Crippen molar-refractivity contribution in [3.05, 3.63) is 43.0 Å². The van der Waals surface area contributed by atoms with E-state index >= 15 is 0 Å². The van der Waals surface area contributed by atoms with Crippen molar-refractivity contribution in [2.45, 2.75) is 19.8 Å². The Bertz CT molecular complexity index is 547. The number of nitrogens with zero attached hydrogens (tertiary/aromatic N) is 2. The normalized spacial score (nSPS) is 12.1. The number of aromatic nitrogens is 2. The fourth-order valence-electron chi connectivity index (χ4n) is 2.02. The minimum Gasteiger partial charge on any atom is -0.330 e. The highest BCUT2D eigenvalue weighted by Crippen LogP contribution is 2.15. The molecule has 2 aromatic rings. The molecule has 5 nitrogen and oxygen atoms in total. The molecule has 0 bridgehead atoms. The number of nitrogens with one attached hydrogen (secondary N) is 1. The van der Waals surface area contributed by atoms with Crippen LogP contribution in [0.3, 0.4) is 0 Å². The summed E-state index contributed by atoms with van der Waals surface area (Å²) in [5, 5.41) is 2.92. The predicted molar refractivity (Wildman–Crippen MR) is 79.6 cm³/mol. The van der Waals surface area contributed by atoms with Crippen LogP contribution in [0, 0.1) is 5.92 Å². The van der Waals surface area contributed by atoms with E-state index in [2.05, 4.69) is 10.3 Å². The number of nitrogens with two attached hydrogens (primary N) is 1. The van der Waals surface area contributed by atoms with E-state index in [1.165, 1.54) is 0 Å². The third-order valence-electron chi connectivity index (χ3n) is 3.32. The molecule has 1 aromatic heterocycles. The first kappa shape index (κ1) is 14.3. The van der Waals surface area contributed by atoms with Gasteiger partial charge < -0.3 is 15.6 Å². The third-order valence-corrected chi connectivity index (χ3v) is 3.32. The summed E-state index contributed by atoms with van der Waals surface area (Å²) in [6, 6.07) is 7.67. The Balaban J connectivity index is 2.03. The van der Waals surface area contributed by atoms with Gasteiger partial charge in [0.05, 0.1) is 6.33 Å². The summed E-state index contributed by atoms with van der Waals surface area (Å²) in [5.41, 5.74) is 7.37. The molecule has 5 heteroatoms. The Labute approximate surface area is 118 Å². The summed E-state index contributed by atoms with van der Waals surface area (Å²) in [6.45, 7) is 2.59. The molecule has 1 heterocycles. The summed E-state index contributed by atoms with van der Waals surface area (Å²) >= 11 is 0. The van der Waals surface area contributed by atoms with Crippen LogP contribution < -0.4 is 11.1 Å². The second kappa shape index (κ2) is 6.86. The quantitative estimate of drug-likeness (QED) is 0.846. The second-order valence-electron chi connectivity index (χ2n) is 4.78. The van der Waals surface area contributed by atoms with Gasteiger partial charge in [-0.15, -0.1) is 0 Å². The zero-order chi connectivity index (χ0) is 14.4. The lowest BCUT2D eigenvalue weighted by Gasteiger charge is -2.12. The summed E-state index contributed by atoms with van der Waals surface area (Å²) in [4.78, 5) is 16.0. The lowest BCUT2D eigenvalue weighted by atomic mass is 10.0. The predicted octanol–water partition coefficient (Wildman–Crippen LogP) is 2.19. The van der Waals surface area contributed by atoms with Gasteiger partial charge in [0.1, 0.15) is 0 Å². The zero-order valence-electron chi connectivity index (χ0n) is 11.6. The summed E-state index contributed by atoms with van der Waals surface area (Å²) < 4.78 is 1.89. The molecule has 1 aromatic carbocycles. The van der Waals surface area contributed by atoms with Crippen LogP contribution in [-0.2, 0) is 4.79 Å². The lowest BCUT2D eigenvalue weighted by Crippen LogP contribution is -2.21. The summed E-state index contributed by atoms with van der Waals surface area (Å²) in [6.07, 6.45) is 6.69. The van der Waals surface area contributed by atoms with Crippen LogP contribution in [0.5, 0.6) is 0 Å². The van der Waals surface area contributed by atoms with E-state index in [1.807, 2.05) is 42.0 Å². The van der Waals surface area contributed by atoms with Gasteiger partial charge in [0.15, 0.2) is 0 Å². The summed E-state index contributed by atoms with van der Waals surface area (Å²) in [7, 11) is 0. The molecule has 1 atom stereocenters. The number of anilines is 1. The minimum absolute atomic E-state index is 0.00470. The number of hydrogen-bond acceptors (Lipinski definition) is 3. The SMILES string of the molecule is CCC(CN)CC(=O)Nc1cccc(-n2ccnc2)c1. The third kappa shape index (κ3) is 3.68. The first-order chi connectivity index (χ1) is 9.72. The maximum Gasteiger partial charge on any atom is 0.224 e. The molecule has 0 aliphatic heterocycles. The molecule has 0 fully saturated rings. The van der Waals surface area contributed by atoms with Crippen LogP contribution in [0.15, 0.2) is 43.0 Å². The molecular weight excluding hydrogens is 252 g/mol. The molecule has 106 valence electrons. The molecule has 0 spiro atoms. The second-order valence-corrected chi connectivity index (χ2v) is 4.78. The van der Waals surface area contributed by atoms with Crippen molar-refractivity contribution >= 4 is 11.6 Å². The van der Waals surface area contributed by atoms with Crippen LogP contribution >= 0.6 is 0 Å². The highest BCUT2D eigenvalue weighted by atomic mass is 16.1. The fourth-order valence-corrected chi connectivity index (χ4v) is 2.02. The molecular formula is C15H20N4O. The van der Waals surface area contributed by atoms with Crippen LogP contribution in [0.25, 0.3) is 5.69 Å². The first-order valence-corrected chi connectivity index (χ1v) is 6.81. The van der Waals surface area contributed by atoms with E-state index in [0.717, 1.165) is 17.8 Å². The van der Waals surface area contributed by atoms with Gasteiger partial charge >= 0.3 is 0 Å². The molecule has 0 radical (unpaired) electrons. The summed E-state index contributed by atoms with van der Waals surface area (Å²) in [5.74, 6) is 0.247. The van der Waals surface area contributed by atoms with E-state index in [4.69, 9.17) is 5.73 Å². The van der Waals surface area contributed by atoms with Crippen molar-refractivity contribution in [1.82, 2.24) is 9.55 Å². The Morgan fingerprint density at radius 2 is 2.35 bits per heavy atom. The van der Waals surface area contributed by atoms with Crippen LogP contribution in [0.2, 0.25) is 0 Å². The van der Waals surface area contributed by atoms with Gasteiger partial charge in [-0.1, -0.05) is 19.4 Å². The van der Waals surface area contributed by atoms with E-state index in [1.54, 1.807) is 12.5 Å². The van der Waals surface area contributed by atoms with Gasteiger partial charge in [0.2, 0.25) is 5.91 Å². The molecule has 0 aliphatic carbocycles. The van der Waals surface area contributed by atoms with Gasteiger partial charge in [-0.2, -0.15) is 0 Å². The van der Waals surface area contributed by atoms with Crippen LogP contribution in [0.4, 0.5) is 5.69 Å². The minimum atomic E-state index is 0.00470. The van der Waals surface area contributed by atoms with Crippen molar-refractivity contribution in [2.75, 3.05) is 11.9 Å². The molecule has 20 heavy (non-hydrogen) atoms. The van der Waals surface area contributed by atoms with Gasteiger partial charge in [0.25, 0.3) is 0 Å². The molecule has 0 saturated heterocycles. The molecule has 0 aliphatic rings. The number of carbonyl (C=O) groups excluding carboxylic acids is 1. The molecule has 0 saturated carbocycles. The van der Waals surface area contributed by atoms with E-state index in [0.29, 0.717) is 13.0 Å². The van der Waals surface area contributed by atoms with Crippen molar-refractivity contribution in [1.29, 1.82) is 0 Å². The topological polar surface area (TPSA) is 72.9 Å². The van der Waals surface area contributed by atoms with Crippen molar-refractivity contribution < 1.29 is 4.79 Å². The number of carbonyl (C=O) groups is 1. The van der Waals surface area contributed by atoms with Gasteiger partial charge in [-0.3, -0.25) is 4.79 Å². The maximum atomic E-state index is 12.0. The van der Waals surface area contributed by atoms with Crippen LogP contribution in [0.1, 0.15) is 19.8 Å². The Hall–Kier alpha value is -2.14. The van der Waals surface area contributed by atoms with Gasteiger partial charge in [-0.25, -0.2) is 4.98 Å². The molecule has 2 rings (SSSR count). The first-order valence-electron chi connectivity index (χ1n) is 6.81. The number of imidazole rings is 1. The molecule has 1 unspecified atom stereocenters. The smallest absolute Gasteiger partial charge is 0.224 e. The van der Waals surface area contributed by atoms with Gasteiger partial charge in [-0.05, 0) is 30.7 Å². The number of rotatable bonds is 6. The average molecular weight is 272 g/mol. The van der Waals surface area contributed by atoms with E-state index in [9.17, 15) is 4.79 Å². The number of amides is 1. The highest BCUT2D eigenvalue weighted by Gasteiger charge is 2.10. The van der Waals surface area contributed by atoms with Crippen molar-refractivity contribution in [2.24, 2.45) is 11.7 Å². The van der Waals surface area contributed by atoms with Crippen molar-refractivity contribution in [3.63, 3.8) is 0 Å². The largest absolute Gasteiger partial charge is 0.330 e. The van der Waals surface area contributed by atoms with Crippen LogP contribution in [-0.4, -0.2) is 22.0 Å². The fraction of sp³-hybridized carbons (Fsp3) is 0.333. The number of hydrogen-bond donors (Lipinski definition) is 2. The zero-order valence-corrected chi connectivity index (χ0v) is 11.6. The lowest BCUT2D eigenvalue weighted by molar-refractivity contribution is -0.117. The molecule has 1 amide bonds. The standard InChI is InChI=1S/C15H20N4O/c1-2-12(10-16)8-15(20)18-13-4-3-5-14(9-13)19-7-6-17-11-19/h3-7,9,11-12H,2,8,10,16H2,1H3,(H,18,20). The average Bonchev–Trinajstić information content (AvgIpc) is 2.99. The van der Waals surface area contributed by atoms with Crippen molar-refractivity contribution in [3.8, 4) is 5.69 Å². The Morgan fingerprint density at radius 1 is 1.50 bits per heavy atom. The van der Waals surface area contributed by atoms with Gasteiger partial charge in [0, 0.05) is 30.2 Å². The Morgan fingerprint density at radius 3 is 3.00 bits per heavy atom. The van der Waals surface area contributed by atoms with E-state index in [-0.39, 0.29) is 11.8 Å². The monoisotopic (exact) mass is 272 g/mol. The highest BCUT2D eigenvalue weighted by molar-refractivity contribution is 5.91.